The van der Waals surface area contributed by atoms with Crippen molar-refractivity contribution in [1.29, 1.82) is 0 Å². The van der Waals surface area contributed by atoms with Gasteiger partial charge in [-0.3, -0.25) is 14.5 Å². The van der Waals surface area contributed by atoms with Crippen molar-refractivity contribution in [3.63, 3.8) is 0 Å². The van der Waals surface area contributed by atoms with E-state index in [0.717, 1.165) is 19.3 Å². The molecule has 0 saturated heterocycles. The van der Waals surface area contributed by atoms with Crippen LogP contribution in [0.1, 0.15) is 38.5 Å². The molecule has 0 spiro atoms. The molecule has 5 nitrogen and oxygen atoms in total. The van der Waals surface area contributed by atoms with Crippen molar-refractivity contribution in [2.24, 2.45) is 17.8 Å². The summed E-state index contributed by atoms with van der Waals surface area (Å²) in [5.74, 6) is 1.86. The first-order valence-electron chi connectivity index (χ1n) is 9.24. The Balaban J connectivity index is 0.000000135. The SMILES string of the molecule is O=P(O)(O)C12CC3CC(CC(C3)C1)C2.c1ccncc1.c1ccncc1. The fourth-order valence-corrected chi connectivity index (χ4v) is 6.53. The quantitative estimate of drug-likeness (QED) is 0.727. The van der Waals surface area contributed by atoms with Gasteiger partial charge in [0.15, 0.2) is 0 Å². The molecule has 4 fully saturated rings. The van der Waals surface area contributed by atoms with Crippen LogP contribution in [-0.4, -0.2) is 24.9 Å². The van der Waals surface area contributed by atoms with Crippen LogP contribution in [0.25, 0.3) is 0 Å². The zero-order chi connectivity index (χ0) is 18.5. The van der Waals surface area contributed by atoms with Gasteiger partial charge < -0.3 is 9.79 Å². The number of nitrogens with zero attached hydrogens (tertiary/aromatic N) is 2. The van der Waals surface area contributed by atoms with Crippen LogP contribution >= 0.6 is 7.60 Å². The minimum absolute atomic E-state index is 0.595. The normalized spacial score (nSPS) is 31.2. The molecule has 6 rings (SSSR count). The van der Waals surface area contributed by atoms with Crippen molar-refractivity contribution >= 4 is 7.60 Å². The number of rotatable bonds is 1. The van der Waals surface area contributed by atoms with Crippen molar-refractivity contribution in [3.05, 3.63) is 61.2 Å². The molecule has 0 amide bonds. The molecule has 140 valence electrons. The van der Waals surface area contributed by atoms with Gasteiger partial charge in [-0.15, -0.1) is 0 Å². The van der Waals surface area contributed by atoms with Crippen molar-refractivity contribution in [3.8, 4) is 0 Å². The number of hydrogen-bond acceptors (Lipinski definition) is 3. The van der Waals surface area contributed by atoms with Gasteiger partial charge in [0.05, 0.1) is 5.16 Å². The Morgan fingerprint density at radius 3 is 1.23 bits per heavy atom. The van der Waals surface area contributed by atoms with Crippen molar-refractivity contribution < 1.29 is 14.4 Å². The van der Waals surface area contributed by atoms with Gasteiger partial charge in [0.2, 0.25) is 0 Å². The third-order valence-corrected chi connectivity index (χ3v) is 7.54. The Bertz CT molecular complexity index is 585. The molecule has 2 aromatic heterocycles. The summed E-state index contributed by atoms with van der Waals surface area (Å²) in [4.78, 5) is 26.6. The van der Waals surface area contributed by atoms with Crippen molar-refractivity contribution in [2.75, 3.05) is 0 Å². The molecule has 4 saturated carbocycles. The van der Waals surface area contributed by atoms with Crippen LogP contribution in [0, 0.1) is 17.8 Å². The Kier molecular flexibility index (Phi) is 6.23. The molecule has 4 aliphatic rings. The summed E-state index contributed by atoms with van der Waals surface area (Å²) in [6.07, 6.45) is 13.1. The lowest BCUT2D eigenvalue weighted by Gasteiger charge is -2.56. The highest BCUT2D eigenvalue weighted by Crippen LogP contribution is 2.69. The maximum absolute atomic E-state index is 11.6. The molecule has 0 aromatic carbocycles. The van der Waals surface area contributed by atoms with Gasteiger partial charge in [-0.05, 0) is 80.5 Å². The van der Waals surface area contributed by atoms with E-state index < -0.39 is 12.8 Å². The summed E-state index contributed by atoms with van der Waals surface area (Å²) in [7, 11) is -3.87. The number of aromatic nitrogens is 2. The van der Waals surface area contributed by atoms with Crippen molar-refractivity contribution in [1.82, 2.24) is 9.97 Å². The predicted octanol–water partition coefficient (Wildman–Crippen LogP) is 4.30. The Morgan fingerprint density at radius 2 is 1.04 bits per heavy atom. The van der Waals surface area contributed by atoms with Crippen LogP contribution in [0.2, 0.25) is 0 Å². The number of hydrogen-bond donors (Lipinski definition) is 2. The molecule has 0 aliphatic heterocycles. The third kappa shape index (κ3) is 4.79. The zero-order valence-corrected chi connectivity index (χ0v) is 15.8. The average molecular weight is 374 g/mol. The van der Waals surface area contributed by atoms with E-state index in [2.05, 4.69) is 9.97 Å². The Hall–Kier alpha value is -1.55. The largest absolute Gasteiger partial charge is 0.331 e. The first-order chi connectivity index (χ1) is 12.5. The summed E-state index contributed by atoms with van der Waals surface area (Å²) in [6, 6.07) is 11.4. The first-order valence-corrected chi connectivity index (χ1v) is 10.9. The van der Waals surface area contributed by atoms with Gasteiger partial charge in [-0.2, -0.15) is 0 Å². The predicted molar refractivity (Wildman–Crippen MR) is 101 cm³/mol. The monoisotopic (exact) mass is 374 g/mol. The minimum atomic E-state index is -3.87. The lowest BCUT2D eigenvalue weighted by molar-refractivity contribution is 0.0228. The lowest BCUT2D eigenvalue weighted by atomic mass is 9.56. The highest BCUT2D eigenvalue weighted by atomic mass is 31.2. The molecule has 0 unspecified atom stereocenters. The second-order valence-electron chi connectivity index (χ2n) is 7.74. The Morgan fingerprint density at radius 1 is 0.692 bits per heavy atom. The zero-order valence-electron chi connectivity index (χ0n) is 14.9. The molecule has 2 N–H and O–H groups in total. The maximum Gasteiger partial charge on any atom is 0.331 e. The Labute approximate surface area is 155 Å². The van der Waals surface area contributed by atoms with Crippen LogP contribution in [0.15, 0.2) is 61.2 Å². The molecule has 0 atom stereocenters. The van der Waals surface area contributed by atoms with E-state index >= 15 is 0 Å². The van der Waals surface area contributed by atoms with E-state index in [4.69, 9.17) is 0 Å². The fraction of sp³-hybridized carbons (Fsp3) is 0.500. The van der Waals surface area contributed by atoms with Crippen LogP contribution in [0.3, 0.4) is 0 Å². The highest BCUT2D eigenvalue weighted by Gasteiger charge is 2.58. The van der Waals surface area contributed by atoms with E-state index in [9.17, 15) is 14.4 Å². The fourth-order valence-electron chi connectivity index (χ4n) is 5.05. The van der Waals surface area contributed by atoms with E-state index in [-0.39, 0.29) is 0 Å². The molecule has 2 aromatic rings. The van der Waals surface area contributed by atoms with Crippen LogP contribution in [0.4, 0.5) is 0 Å². The van der Waals surface area contributed by atoms with Crippen LogP contribution in [0.5, 0.6) is 0 Å². The number of pyridine rings is 2. The van der Waals surface area contributed by atoms with E-state index in [0.29, 0.717) is 17.8 Å². The first kappa shape index (κ1) is 19.2. The van der Waals surface area contributed by atoms with Crippen LogP contribution < -0.4 is 0 Å². The summed E-state index contributed by atoms with van der Waals surface area (Å²) in [5.41, 5.74) is 0. The standard InChI is InChI=1S/C10H17O3P.2C5H5N/c11-14(12,13)10-4-7-1-8(5-10)3-9(2-7)6-10;2*1-2-4-6-5-3-1/h7-9H,1-6H2,(H2,11,12,13);2*1-5H. The second-order valence-corrected chi connectivity index (χ2v) is 9.77. The molecule has 4 bridgehead atoms. The molecule has 4 aliphatic carbocycles. The molecule has 26 heavy (non-hydrogen) atoms. The molecule has 2 heterocycles. The van der Waals surface area contributed by atoms with Crippen LogP contribution in [-0.2, 0) is 4.57 Å². The second kappa shape index (κ2) is 8.43. The maximum atomic E-state index is 11.6. The third-order valence-electron chi connectivity index (χ3n) is 5.76. The van der Waals surface area contributed by atoms with Gasteiger partial charge in [0.1, 0.15) is 0 Å². The summed E-state index contributed by atoms with van der Waals surface area (Å²) < 4.78 is 11.6. The van der Waals surface area contributed by atoms with Gasteiger partial charge in [0.25, 0.3) is 0 Å². The van der Waals surface area contributed by atoms with Gasteiger partial charge >= 0.3 is 7.60 Å². The molecular formula is C20H27N2O3P. The van der Waals surface area contributed by atoms with E-state index in [1.165, 1.54) is 19.3 Å². The summed E-state index contributed by atoms with van der Waals surface area (Å²) in [6.45, 7) is 0. The topological polar surface area (TPSA) is 83.3 Å². The smallest absolute Gasteiger partial charge is 0.324 e. The van der Waals surface area contributed by atoms with Gasteiger partial charge in [0, 0.05) is 24.8 Å². The van der Waals surface area contributed by atoms with Gasteiger partial charge in [-0.25, -0.2) is 0 Å². The minimum Gasteiger partial charge on any atom is -0.324 e. The summed E-state index contributed by atoms with van der Waals surface area (Å²) in [5, 5.41) is -0.595. The van der Waals surface area contributed by atoms with E-state index in [1.807, 2.05) is 36.4 Å². The van der Waals surface area contributed by atoms with Crippen molar-refractivity contribution in [2.45, 2.75) is 43.7 Å². The highest BCUT2D eigenvalue weighted by molar-refractivity contribution is 7.53. The molecule has 6 heteroatoms. The van der Waals surface area contributed by atoms with E-state index in [1.54, 1.807) is 24.8 Å². The molecular weight excluding hydrogens is 347 g/mol. The lowest BCUT2D eigenvalue weighted by Crippen LogP contribution is -2.50. The molecule has 0 radical (unpaired) electrons. The van der Waals surface area contributed by atoms with Gasteiger partial charge in [-0.1, -0.05) is 12.1 Å². The average Bonchev–Trinajstić information content (AvgIpc) is 2.64. The summed E-state index contributed by atoms with van der Waals surface area (Å²) >= 11 is 0.